The number of phenols is 1. The van der Waals surface area contributed by atoms with E-state index in [-0.39, 0.29) is 17.7 Å². The lowest BCUT2D eigenvalue weighted by molar-refractivity contribution is 0.0916. The van der Waals surface area contributed by atoms with Gasteiger partial charge in [-0.3, -0.25) is 4.79 Å². The van der Waals surface area contributed by atoms with Gasteiger partial charge >= 0.3 is 0 Å². The molecule has 2 atom stereocenters. The fraction of sp³-hybridized carbons (Fsp3) is 0.278. The van der Waals surface area contributed by atoms with E-state index in [0.717, 1.165) is 12.8 Å². The van der Waals surface area contributed by atoms with E-state index >= 15 is 0 Å². The average Bonchev–Trinajstić information content (AvgIpc) is 2.50. The maximum atomic E-state index is 12.4. The molecule has 0 aliphatic heterocycles. The van der Waals surface area contributed by atoms with Gasteiger partial charge in [-0.05, 0) is 42.0 Å². The number of carbonyl (C=O) groups excluding carboxylic acids is 1. The molecule has 2 unspecified atom stereocenters. The van der Waals surface area contributed by atoms with Crippen LogP contribution in [0.1, 0.15) is 40.9 Å². The number of fused-ring (bicyclic) bond motifs is 1. The van der Waals surface area contributed by atoms with Crippen LogP contribution in [0.25, 0.3) is 0 Å². The second-order valence-corrected chi connectivity index (χ2v) is 5.68. The van der Waals surface area contributed by atoms with Gasteiger partial charge in [0.05, 0.1) is 11.6 Å². The first-order valence-electron chi connectivity index (χ1n) is 7.33. The molecule has 21 heavy (non-hydrogen) atoms. The second kappa shape index (κ2) is 5.60. The Bertz CT molecular complexity index is 666. The molecule has 3 heteroatoms. The first-order valence-corrected chi connectivity index (χ1v) is 7.33. The summed E-state index contributed by atoms with van der Waals surface area (Å²) in [5, 5.41) is 12.9. The number of para-hydroxylation sites is 1. The van der Waals surface area contributed by atoms with Crippen LogP contribution in [0.3, 0.4) is 0 Å². The van der Waals surface area contributed by atoms with E-state index in [0.29, 0.717) is 11.5 Å². The van der Waals surface area contributed by atoms with Crippen molar-refractivity contribution < 1.29 is 9.90 Å². The van der Waals surface area contributed by atoms with Crippen molar-refractivity contribution in [3.8, 4) is 5.75 Å². The highest BCUT2D eigenvalue weighted by molar-refractivity contribution is 5.97. The highest BCUT2D eigenvalue weighted by atomic mass is 16.3. The minimum Gasteiger partial charge on any atom is -0.507 e. The third kappa shape index (κ3) is 2.64. The monoisotopic (exact) mass is 281 g/mol. The molecule has 1 aliphatic rings. The Hall–Kier alpha value is -2.29. The average molecular weight is 281 g/mol. The molecule has 1 amide bonds. The molecule has 2 aromatic carbocycles. The molecule has 1 aliphatic carbocycles. The fourth-order valence-electron chi connectivity index (χ4n) is 3.03. The summed E-state index contributed by atoms with van der Waals surface area (Å²) in [6, 6.07) is 14.9. The summed E-state index contributed by atoms with van der Waals surface area (Å²) in [6.07, 6.45) is 2.11. The number of benzene rings is 2. The van der Waals surface area contributed by atoms with E-state index < -0.39 is 0 Å². The molecule has 0 fully saturated rings. The first-order chi connectivity index (χ1) is 10.2. The molecule has 0 heterocycles. The molecule has 0 spiro atoms. The first kappa shape index (κ1) is 13.7. The van der Waals surface area contributed by atoms with Crippen molar-refractivity contribution in [2.24, 2.45) is 5.92 Å². The summed E-state index contributed by atoms with van der Waals surface area (Å²) in [5.74, 6) is 0.183. The Balaban J connectivity index is 1.88. The maximum absolute atomic E-state index is 12.4. The number of carbonyl (C=O) groups is 1. The number of hydrogen-bond donors (Lipinski definition) is 2. The number of phenolic OH excluding ortho intramolecular Hbond substituents is 1. The molecular weight excluding hydrogens is 262 g/mol. The van der Waals surface area contributed by atoms with Gasteiger partial charge in [0.1, 0.15) is 5.75 Å². The van der Waals surface area contributed by atoms with E-state index in [1.54, 1.807) is 18.2 Å². The lowest BCUT2D eigenvalue weighted by Gasteiger charge is -2.32. The molecule has 2 aromatic rings. The Kier molecular flexibility index (Phi) is 3.65. The third-order valence-corrected chi connectivity index (χ3v) is 4.26. The van der Waals surface area contributed by atoms with Crippen LogP contribution in [-0.2, 0) is 6.42 Å². The van der Waals surface area contributed by atoms with E-state index in [1.807, 2.05) is 12.1 Å². The Morgan fingerprint density at radius 2 is 1.86 bits per heavy atom. The summed E-state index contributed by atoms with van der Waals surface area (Å²) < 4.78 is 0. The number of rotatable bonds is 2. The van der Waals surface area contributed by atoms with Crippen LogP contribution >= 0.6 is 0 Å². The SMILES string of the molecule is CC1CCc2ccccc2C1NC(=O)c1ccccc1O. The number of aryl methyl sites for hydroxylation is 1. The molecule has 3 rings (SSSR count). The standard InChI is InChI=1S/C18H19NO2/c1-12-10-11-13-6-2-3-7-14(13)17(12)19-18(21)15-8-4-5-9-16(15)20/h2-9,12,17,20H,10-11H2,1H3,(H,19,21). The molecule has 0 radical (unpaired) electrons. The number of aromatic hydroxyl groups is 1. The molecule has 3 nitrogen and oxygen atoms in total. The highest BCUT2D eigenvalue weighted by Crippen LogP contribution is 2.34. The molecule has 0 bridgehead atoms. The molecule has 2 N–H and O–H groups in total. The van der Waals surface area contributed by atoms with E-state index in [1.165, 1.54) is 17.2 Å². The number of hydrogen-bond acceptors (Lipinski definition) is 2. The van der Waals surface area contributed by atoms with Gasteiger partial charge in [0, 0.05) is 0 Å². The molecular formula is C18H19NO2. The summed E-state index contributed by atoms with van der Waals surface area (Å²) in [7, 11) is 0. The van der Waals surface area contributed by atoms with E-state index in [4.69, 9.17) is 0 Å². The predicted molar refractivity (Wildman–Crippen MR) is 82.2 cm³/mol. The zero-order valence-electron chi connectivity index (χ0n) is 12.0. The van der Waals surface area contributed by atoms with Crippen molar-refractivity contribution in [1.29, 1.82) is 0 Å². The van der Waals surface area contributed by atoms with Gasteiger partial charge in [-0.1, -0.05) is 43.3 Å². The molecule has 0 aromatic heterocycles. The van der Waals surface area contributed by atoms with Crippen molar-refractivity contribution in [3.05, 3.63) is 65.2 Å². The quantitative estimate of drug-likeness (QED) is 0.886. The lowest BCUT2D eigenvalue weighted by atomic mass is 9.80. The smallest absolute Gasteiger partial charge is 0.255 e. The third-order valence-electron chi connectivity index (χ3n) is 4.26. The van der Waals surface area contributed by atoms with Crippen LogP contribution in [0.4, 0.5) is 0 Å². The molecule has 0 saturated carbocycles. The van der Waals surface area contributed by atoms with Gasteiger partial charge < -0.3 is 10.4 Å². The second-order valence-electron chi connectivity index (χ2n) is 5.68. The van der Waals surface area contributed by atoms with Gasteiger partial charge in [-0.25, -0.2) is 0 Å². The van der Waals surface area contributed by atoms with Crippen LogP contribution in [0.5, 0.6) is 5.75 Å². The molecule has 108 valence electrons. The van der Waals surface area contributed by atoms with Gasteiger partial charge in [0.2, 0.25) is 0 Å². The van der Waals surface area contributed by atoms with Crippen LogP contribution in [0.2, 0.25) is 0 Å². The summed E-state index contributed by atoms with van der Waals surface area (Å²) in [4.78, 5) is 12.4. The van der Waals surface area contributed by atoms with Crippen molar-refractivity contribution in [2.45, 2.75) is 25.8 Å². The normalized spacial score (nSPS) is 20.6. The number of amides is 1. The lowest BCUT2D eigenvalue weighted by Crippen LogP contribution is -2.35. The van der Waals surface area contributed by atoms with Crippen molar-refractivity contribution in [2.75, 3.05) is 0 Å². The summed E-state index contributed by atoms with van der Waals surface area (Å²) >= 11 is 0. The largest absolute Gasteiger partial charge is 0.507 e. The van der Waals surface area contributed by atoms with Crippen LogP contribution in [0, 0.1) is 5.92 Å². The van der Waals surface area contributed by atoms with Gasteiger partial charge in [-0.15, -0.1) is 0 Å². The van der Waals surface area contributed by atoms with E-state index in [2.05, 4.69) is 24.4 Å². The maximum Gasteiger partial charge on any atom is 0.255 e. The van der Waals surface area contributed by atoms with Crippen molar-refractivity contribution in [3.63, 3.8) is 0 Å². The van der Waals surface area contributed by atoms with E-state index in [9.17, 15) is 9.90 Å². The Morgan fingerprint density at radius 1 is 1.14 bits per heavy atom. The topological polar surface area (TPSA) is 49.3 Å². The zero-order valence-corrected chi connectivity index (χ0v) is 12.0. The van der Waals surface area contributed by atoms with Gasteiger partial charge in [0.15, 0.2) is 0 Å². The Morgan fingerprint density at radius 3 is 2.67 bits per heavy atom. The minimum atomic E-state index is -0.221. The van der Waals surface area contributed by atoms with Gasteiger partial charge in [0.25, 0.3) is 5.91 Å². The van der Waals surface area contributed by atoms with Crippen LogP contribution in [0.15, 0.2) is 48.5 Å². The Labute approximate surface area is 124 Å². The zero-order chi connectivity index (χ0) is 14.8. The molecule has 0 saturated heterocycles. The highest BCUT2D eigenvalue weighted by Gasteiger charge is 2.28. The van der Waals surface area contributed by atoms with Gasteiger partial charge in [-0.2, -0.15) is 0 Å². The van der Waals surface area contributed by atoms with Crippen LogP contribution < -0.4 is 5.32 Å². The van der Waals surface area contributed by atoms with Crippen molar-refractivity contribution >= 4 is 5.91 Å². The number of nitrogens with one attached hydrogen (secondary N) is 1. The summed E-state index contributed by atoms with van der Waals surface area (Å²) in [5.41, 5.74) is 2.82. The minimum absolute atomic E-state index is 0.00190. The van der Waals surface area contributed by atoms with Crippen molar-refractivity contribution in [1.82, 2.24) is 5.32 Å². The van der Waals surface area contributed by atoms with Crippen LogP contribution in [-0.4, -0.2) is 11.0 Å². The fourth-order valence-corrected chi connectivity index (χ4v) is 3.03. The predicted octanol–water partition coefficient (Wildman–Crippen LogP) is 3.45. The summed E-state index contributed by atoms with van der Waals surface area (Å²) in [6.45, 7) is 2.16.